The van der Waals surface area contributed by atoms with E-state index < -0.39 is 49.5 Å². The van der Waals surface area contributed by atoms with Crippen LogP contribution >= 0.6 is 0 Å². The molecule has 0 aromatic rings. The van der Waals surface area contributed by atoms with Crippen LogP contribution in [0.25, 0.3) is 0 Å². The molecule has 0 aliphatic carbocycles. The molecule has 7 unspecified atom stereocenters. The van der Waals surface area contributed by atoms with E-state index in [1.165, 1.54) is 218 Å². The van der Waals surface area contributed by atoms with Gasteiger partial charge in [-0.1, -0.05) is 257 Å². The number of hydrogen-bond donors (Lipinski definition) is 6. The minimum absolute atomic E-state index is 0.137. The maximum atomic E-state index is 12.9. The molecule has 1 aliphatic rings. The van der Waals surface area contributed by atoms with E-state index in [9.17, 15) is 30.3 Å². The fraction of sp³-hybridized carbons (Fsp3) is 0.947. The molecular formula is C57H111NO8. The van der Waals surface area contributed by atoms with E-state index in [0.717, 1.165) is 44.9 Å². The zero-order valence-electron chi connectivity index (χ0n) is 43.5. The normalized spacial score (nSPS) is 19.8. The Balaban J connectivity index is 1.89. The smallest absolute Gasteiger partial charge is 0.220 e. The summed E-state index contributed by atoms with van der Waals surface area (Å²) in [4.78, 5) is 12.9. The molecule has 392 valence electrons. The molecule has 1 amide bonds. The third-order valence-electron chi connectivity index (χ3n) is 14.1. The van der Waals surface area contributed by atoms with Crippen LogP contribution in [0.1, 0.15) is 290 Å². The van der Waals surface area contributed by atoms with Crippen molar-refractivity contribution in [2.24, 2.45) is 0 Å². The van der Waals surface area contributed by atoms with Crippen molar-refractivity contribution < 1.29 is 39.8 Å². The van der Waals surface area contributed by atoms with E-state index in [1.54, 1.807) is 0 Å². The van der Waals surface area contributed by atoms with Crippen molar-refractivity contribution in [3.05, 3.63) is 12.2 Å². The second-order valence-electron chi connectivity index (χ2n) is 20.4. The Hall–Kier alpha value is -1.07. The highest BCUT2D eigenvalue weighted by Gasteiger charge is 2.44. The van der Waals surface area contributed by atoms with Gasteiger partial charge in [0, 0.05) is 6.42 Å². The van der Waals surface area contributed by atoms with Gasteiger partial charge < -0.3 is 40.3 Å². The van der Waals surface area contributed by atoms with Crippen molar-refractivity contribution in [3.8, 4) is 0 Å². The van der Waals surface area contributed by atoms with Gasteiger partial charge >= 0.3 is 0 Å². The van der Waals surface area contributed by atoms with Crippen molar-refractivity contribution in [2.45, 2.75) is 333 Å². The number of nitrogens with one attached hydrogen (secondary N) is 1. The van der Waals surface area contributed by atoms with Crippen LogP contribution in [0, 0.1) is 0 Å². The van der Waals surface area contributed by atoms with Gasteiger partial charge in [0.05, 0.1) is 25.4 Å². The first kappa shape index (κ1) is 62.9. The summed E-state index contributed by atoms with van der Waals surface area (Å²) in [5.41, 5.74) is 0. The van der Waals surface area contributed by atoms with E-state index in [2.05, 4.69) is 31.3 Å². The van der Waals surface area contributed by atoms with E-state index in [4.69, 9.17) is 9.47 Å². The van der Waals surface area contributed by atoms with Crippen LogP contribution in [0.2, 0.25) is 0 Å². The molecule has 0 saturated carbocycles. The highest BCUT2D eigenvalue weighted by Crippen LogP contribution is 2.23. The van der Waals surface area contributed by atoms with Gasteiger partial charge in [0.1, 0.15) is 24.4 Å². The molecular weight excluding hydrogens is 827 g/mol. The number of amides is 1. The second kappa shape index (κ2) is 47.6. The van der Waals surface area contributed by atoms with Crippen molar-refractivity contribution in [2.75, 3.05) is 13.2 Å². The predicted octanol–water partition coefficient (Wildman–Crippen LogP) is 14.0. The molecule has 9 nitrogen and oxygen atoms in total. The molecule has 7 atom stereocenters. The molecule has 0 bridgehead atoms. The van der Waals surface area contributed by atoms with Crippen LogP contribution in [-0.4, -0.2) is 87.5 Å². The van der Waals surface area contributed by atoms with Crippen molar-refractivity contribution >= 4 is 5.91 Å². The lowest BCUT2D eigenvalue weighted by molar-refractivity contribution is -0.302. The maximum Gasteiger partial charge on any atom is 0.220 e. The fourth-order valence-electron chi connectivity index (χ4n) is 9.51. The predicted molar refractivity (Wildman–Crippen MR) is 277 cm³/mol. The summed E-state index contributed by atoms with van der Waals surface area (Å²) in [6.07, 6.45) is 52.2. The molecule has 0 spiro atoms. The van der Waals surface area contributed by atoms with Crippen molar-refractivity contribution in [3.63, 3.8) is 0 Å². The average molecular weight is 939 g/mol. The molecule has 0 aromatic heterocycles. The van der Waals surface area contributed by atoms with Gasteiger partial charge in [0.15, 0.2) is 6.29 Å². The lowest BCUT2D eigenvalue weighted by Gasteiger charge is -2.40. The number of allylic oxidation sites excluding steroid dienone is 2. The van der Waals surface area contributed by atoms with E-state index in [0.29, 0.717) is 12.8 Å². The Labute approximate surface area is 407 Å². The molecule has 1 saturated heterocycles. The lowest BCUT2D eigenvalue weighted by Crippen LogP contribution is -2.60. The van der Waals surface area contributed by atoms with E-state index in [1.807, 2.05) is 0 Å². The highest BCUT2D eigenvalue weighted by atomic mass is 16.7. The highest BCUT2D eigenvalue weighted by molar-refractivity contribution is 5.76. The molecule has 1 fully saturated rings. The van der Waals surface area contributed by atoms with Crippen LogP contribution in [0.15, 0.2) is 12.2 Å². The number of hydrogen-bond acceptors (Lipinski definition) is 8. The largest absolute Gasteiger partial charge is 0.394 e. The third-order valence-corrected chi connectivity index (χ3v) is 14.1. The Morgan fingerprint density at radius 3 is 1.23 bits per heavy atom. The van der Waals surface area contributed by atoms with Crippen molar-refractivity contribution in [1.82, 2.24) is 5.32 Å². The topological polar surface area (TPSA) is 149 Å². The quantitative estimate of drug-likeness (QED) is 0.0261. The summed E-state index contributed by atoms with van der Waals surface area (Å²) in [5, 5.41) is 53.9. The van der Waals surface area contributed by atoms with Crippen LogP contribution in [0.3, 0.4) is 0 Å². The Kier molecular flexibility index (Phi) is 45.4. The van der Waals surface area contributed by atoms with Gasteiger partial charge in [-0.25, -0.2) is 0 Å². The summed E-state index contributed by atoms with van der Waals surface area (Å²) in [6.45, 7) is 3.73. The number of unbranched alkanes of at least 4 members (excludes halogenated alkanes) is 38. The maximum absolute atomic E-state index is 12.9. The van der Waals surface area contributed by atoms with E-state index in [-0.39, 0.29) is 12.5 Å². The lowest BCUT2D eigenvalue weighted by atomic mass is 9.99. The van der Waals surface area contributed by atoms with Gasteiger partial charge in [-0.3, -0.25) is 4.79 Å². The molecule has 9 heteroatoms. The number of aliphatic hydroxyl groups excluding tert-OH is 5. The third kappa shape index (κ3) is 36.9. The summed E-state index contributed by atoms with van der Waals surface area (Å²) in [7, 11) is 0. The van der Waals surface area contributed by atoms with Gasteiger partial charge in [-0.15, -0.1) is 0 Å². The Morgan fingerprint density at radius 2 is 0.848 bits per heavy atom. The standard InChI is InChI=1S/C57H111NO8/c1-3-5-7-9-10-11-12-13-14-15-16-17-18-19-20-21-22-23-24-25-26-27-28-29-30-31-32-33-34-35-36-37-38-39-40-41-42-43-45-47-53(61)58-50(51(60)46-44-8-6-4-2)49-65-57-56(64)55(63)54(62)52(48-59)66-57/h15-16,50-52,54-57,59-60,62-64H,3-14,17-49H2,1-2H3,(H,58,61)/b16-15-. The number of ether oxygens (including phenoxy) is 2. The first-order chi connectivity index (χ1) is 32.3. The molecule has 0 aromatic carbocycles. The zero-order valence-corrected chi connectivity index (χ0v) is 43.5. The molecule has 66 heavy (non-hydrogen) atoms. The van der Waals surface area contributed by atoms with Gasteiger partial charge in [0.25, 0.3) is 0 Å². The monoisotopic (exact) mass is 938 g/mol. The molecule has 1 rings (SSSR count). The van der Waals surface area contributed by atoms with E-state index >= 15 is 0 Å². The first-order valence-electron chi connectivity index (χ1n) is 28.9. The van der Waals surface area contributed by atoms with Crippen LogP contribution in [0.5, 0.6) is 0 Å². The van der Waals surface area contributed by atoms with Crippen LogP contribution in [0.4, 0.5) is 0 Å². The summed E-state index contributed by atoms with van der Waals surface area (Å²) < 4.78 is 11.2. The Morgan fingerprint density at radius 1 is 0.500 bits per heavy atom. The van der Waals surface area contributed by atoms with Crippen molar-refractivity contribution in [1.29, 1.82) is 0 Å². The van der Waals surface area contributed by atoms with Crippen LogP contribution in [-0.2, 0) is 14.3 Å². The minimum atomic E-state index is -1.55. The second-order valence-corrected chi connectivity index (χ2v) is 20.4. The number of carbonyl (C=O) groups excluding carboxylic acids is 1. The molecule has 0 radical (unpaired) electrons. The van der Waals surface area contributed by atoms with Gasteiger partial charge in [-0.05, 0) is 38.5 Å². The zero-order chi connectivity index (χ0) is 48.0. The minimum Gasteiger partial charge on any atom is -0.394 e. The number of aliphatic hydroxyl groups is 5. The first-order valence-corrected chi connectivity index (χ1v) is 28.9. The number of rotatable bonds is 50. The average Bonchev–Trinajstić information content (AvgIpc) is 3.32. The molecule has 6 N–H and O–H groups in total. The molecule has 1 heterocycles. The summed E-state index contributed by atoms with van der Waals surface area (Å²) in [6, 6.07) is -0.710. The SMILES string of the molecule is CCCCCCCCCC/C=C\CCCCCCCCCCCCCCCCCCCCCCCCCCCCCC(=O)NC(COC1OC(CO)C(O)C(O)C1O)C(O)CCCCCC. The van der Waals surface area contributed by atoms with Gasteiger partial charge in [0.2, 0.25) is 5.91 Å². The Bertz CT molecular complexity index is 1040. The van der Waals surface area contributed by atoms with Crippen LogP contribution < -0.4 is 5.32 Å². The number of carbonyl (C=O) groups is 1. The molecule has 1 aliphatic heterocycles. The fourth-order valence-corrected chi connectivity index (χ4v) is 9.51. The van der Waals surface area contributed by atoms with Gasteiger partial charge in [-0.2, -0.15) is 0 Å². The summed E-state index contributed by atoms with van der Waals surface area (Å²) >= 11 is 0. The summed E-state index contributed by atoms with van der Waals surface area (Å²) in [5.74, 6) is -0.148.